The van der Waals surface area contributed by atoms with Crippen LogP contribution in [0.4, 0.5) is 4.79 Å². The van der Waals surface area contributed by atoms with Crippen LogP contribution in [0.15, 0.2) is 47.4 Å². The Kier molecular flexibility index (Phi) is 7.14. The highest BCUT2D eigenvalue weighted by Gasteiger charge is 2.37. The minimum Gasteiger partial charge on any atom is -0.339 e. The van der Waals surface area contributed by atoms with Crippen LogP contribution in [0, 0.1) is 0 Å². The summed E-state index contributed by atoms with van der Waals surface area (Å²) in [6.45, 7) is 2.18. The largest absolute Gasteiger partial charge is 0.339 e. The third-order valence-corrected chi connectivity index (χ3v) is 7.74. The van der Waals surface area contributed by atoms with Crippen LogP contribution in [0.3, 0.4) is 0 Å². The number of amides is 3. The van der Waals surface area contributed by atoms with Crippen LogP contribution in [0.25, 0.3) is 6.08 Å². The predicted octanol–water partition coefficient (Wildman–Crippen LogP) is 2.70. The molecule has 9 heteroatoms. The summed E-state index contributed by atoms with van der Waals surface area (Å²) in [6.07, 6.45) is 5.57. The summed E-state index contributed by atoms with van der Waals surface area (Å²) in [5.74, 6) is -0.593. The zero-order chi connectivity index (χ0) is 21.7. The zero-order valence-corrected chi connectivity index (χ0v) is 18.3. The highest BCUT2D eigenvalue weighted by Crippen LogP contribution is 2.31. The molecule has 3 rings (SSSR count). The molecule has 0 bridgehead atoms. The van der Waals surface area contributed by atoms with Crippen LogP contribution in [0.1, 0.15) is 25.3 Å². The molecule has 1 aromatic carbocycles. The van der Waals surface area contributed by atoms with Crippen LogP contribution in [0.5, 0.6) is 0 Å². The molecule has 0 spiro atoms. The van der Waals surface area contributed by atoms with Gasteiger partial charge in [-0.1, -0.05) is 42.5 Å². The quantitative estimate of drug-likeness (QED) is 0.596. The van der Waals surface area contributed by atoms with Crippen molar-refractivity contribution in [2.24, 2.45) is 0 Å². The fourth-order valence-electron chi connectivity index (χ4n) is 3.53. The van der Waals surface area contributed by atoms with Crippen molar-refractivity contribution < 1.29 is 22.8 Å². The smallest absolute Gasteiger partial charge is 0.293 e. The van der Waals surface area contributed by atoms with E-state index in [1.54, 1.807) is 24.0 Å². The van der Waals surface area contributed by atoms with Crippen molar-refractivity contribution in [2.75, 3.05) is 24.6 Å². The van der Waals surface area contributed by atoms with Gasteiger partial charge in [-0.2, -0.15) is 0 Å². The van der Waals surface area contributed by atoms with E-state index in [9.17, 15) is 22.8 Å². The van der Waals surface area contributed by atoms with Crippen molar-refractivity contribution in [2.45, 2.75) is 25.8 Å². The number of carbonyl (C=O) groups is 3. The lowest BCUT2D eigenvalue weighted by Gasteiger charge is -2.27. The zero-order valence-electron chi connectivity index (χ0n) is 16.7. The fourth-order valence-corrected chi connectivity index (χ4v) is 6.08. The molecule has 7 nitrogen and oxygen atoms in total. The molecule has 2 aliphatic heterocycles. The van der Waals surface area contributed by atoms with Gasteiger partial charge in [0.15, 0.2) is 9.84 Å². The van der Waals surface area contributed by atoms with Crippen molar-refractivity contribution in [3.8, 4) is 0 Å². The second kappa shape index (κ2) is 9.61. The van der Waals surface area contributed by atoms with Gasteiger partial charge in [0.1, 0.15) is 0 Å². The SMILES string of the molecule is CCN(C(=O)CCN1C(=O)S/C(=C/C=C/c2ccccc2)C1=O)C1CCS(=O)(=O)C1. The molecular weight excluding hydrogens is 424 g/mol. The van der Waals surface area contributed by atoms with Crippen molar-refractivity contribution in [1.82, 2.24) is 9.80 Å². The number of nitrogens with zero attached hydrogens (tertiary/aromatic N) is 2. The molecule has 1 unspecified atom stereocenters. The molecule has 160 valence electrons. The van der Waals surface area contributed by atoms with Crippen LogP contribution in [0.2, 0.25) is 0 Å². The van der Waals surface area contributed by atoms with Gasteiger partial charge in [0.2, 0.25) is 5.91 Å². The summed E-state index contributed by atoms with van der Waals surface area (Å²) in [5, 5.41) is -0.404. The number of hydrogen-bond acceptors (Lipinski definition) is 6. The number of thioether (sulfide) groups is 1. The van der Waals surface area contributed by atoms with Gasteiger partial charge in [0.25, 0.3) is 11.1 Å². The molecule has 2 aliphatic rings. The highest BCUT2D eigenvalue weighted by molar-refractivity contribution is 8.18. The molecule has 1 aromatic rings. The van der Waals surface area contributed by atoms with Crippen LogP contribution in [-0.4, -0.2) is 65.9 Å². The number of hydrogen-bond donors (Lipinski definition) is 0. The first-order valence-electron chi connectivity index (χ1n) is 9.77. The molecular formula is C21H24N2O5S2. The Morgan fingerprint density at radius 1 is 1.27 bits per heavy atom. The van der Waals surface area contributed by atoms with Crippen molar-refractivity contribution in [3.05, 3.63) is 53.0 Å². The lowest BCUT2D eigenvalue weighted by molar-refractivity contribution is -0.133. The minimum atomic E-state index is -3.10. The van der Waals surface area contributed by atoms with Gasteiger partial charge in [0, 0.05) is 25.6 Å². The first-order valence-corrected chi connectivity index (χ1v) is 12.4. The van der Waals surface area contributed by atoms with E-state index in [4.69, 9.17) is 0 Å². The second-order valence-corrected chi connectivity index (χ2v) is 10.3. The fraction of sp³-hybridized carbons (Fsp3) is 0.381. The van der Waals surface area contributed by atoms with Crippen LogP contribution < -0.4 is 0 Å². The number of rotatable bonds is 7. The molecule has 30 heavy (non-hydrogen) atoms. The Bertz CT molecular complexity index is 986. The number of allylic oxidation sites excluding steroid dienone is 2. The van der Waals surface area contributed by atoms with Gasteiger partial charge in [-0.3, -0.25) is 19.3 Å². The number of sulfone groups is 1. The molecule has 0 saturated carbocycles. The van der Waals surface area contributed by atoms with Crippen molar-refractivity contribution in [1.29, 1.82) is 0 Å². The lowest BCUT2D eigenvalue weighted by atomic mass is 10.2. The summed E-state index contributed by atoms with van der Waals surface area (Å²) >= 11 is 0.851. The maximum absolute atomic E-state index is 12.6. The molecule has 2 heterocycles. The van der Waals surface area contributed by atoms with Gasteiger partial charge < -0.3 is 4.90 Å². The van der Waals surface area contributed by atoms with E-state index in [0.29, 0.717) is 17.9 Å². The molecule has 3 amide bonds. The molecule has 2 fully saturated rings. The summed E-state index contributed by atoms with van der Waals surface area (Å²) in [7, 11) is -3.10. The topological polar surface area (TPSA) is 91.8 Å². The molecule has 2 saturated heterocycles. The predicted molar refractivity (Wildman–Crippen MR) is 117 cm³/mol. The maximum atomic E-state index is 12.6. The van der Waals surface area contributed by atoms with Crippen LogP contribution in [-0.2, 0) is 19.4 Å². The third kappa shape index (κ3) is 5.40. The maximum Gasteiger partial charge on any atom is 0.293 e. The van der Waals surface area contributed by atoms with Crippen LogP contribution >= 0.6 is 11.8 Å². The first kappa shape index (κ1) is 22.3. The molecule has 0 radical (unpaired) electrons. The highest BCUT2D eigenvalue weighted by atomic mass is 32.2. The lowest BCUT2D eigenvalue weighted by Crippen LogP contribution is -2.42. The van der Waals surface area contributed by atoms with E-state index >= 15 is 0 Å². The molecule has 0 aliphatic carbocycles. The Labute approximate surface area is 180 Å². The minimum absolute atomic E-state index is 0.0147. The van der Waals surface area contributed by atoms with Crippen molar-refractivity contribution in [3.63, 3.8) is 0 Å². The summed E-state index contributed by atoms with van der Waals surface area (Å²) in [4.78, 5) is 40.3. The van der Waals surface area contributed by atoms with E-state index < -0.39 is 21.0 Å². The van der Waals surface area contributed by atoms with E-state index in [0.717, 1.165) is 22.2 Å². The molecule has 1 atom stereocenters. The number of imide groups is 1. The van der Waals surface area contributed by atoms with Crippen molar-refractivity contribution >= 4 is 44.7 Å². The Hall–Kier alpha value is -2.39. The van der Waals surface area contributed by atoms with Gasteiger partial charge in [-0.15, -0.1) is 0 Å². The normalized spacial score (nSPS) is 22.4. The summed E-state index contributed by atoms with van der Waals surface area (Å²) in [5.41, 5.74) is 0.979. The number of benzene rings is 1. The Morgan fingerprint density at radius 2 is 2.00 bits per heavy atom. The second-order valence-electron chi connectivity index (χ2n) is 7.11. The van der Waals surface area contributed by atoms with E-state index in [1.807, 2.05) is 36.4 Å². The van der Waals surface area contributed by atoms with E-state index in [2.05, 4.69) is 0 Å². The Morgan fingerprint density at radius 3 is 2.63 bits per heavy atom. The Balaban J connectivity index is 1.58. The van der Waals surface area contributed by atoms with Gasteiger partial charge in [-0.25, -0.2) is 8.42 Å². The monoisotopic (exact) mass is 448 g/mol. The van der Waals surface area contributed by atoms with E-state index in [1.165, 1.54) is 0 Å². The average molecular weight is 449 g/mol. The van der Waals surface area contributed by atoms with Gasteiger partial charge in [0.05, 0.1) is 16.4 Å². The summed E-state index contributed by atoms with van der Waals surface area (Å²) < 4.78 is 23.4. The first-order chi connectivity index (χ1) is 14.3. The average Bonchev–Trinajstić information content (AvgIpc) is 3.20. The molecule has 0 N–H and O–H groups in total. The number of carbonyl (C=O) groups excluding carboxylic acids is 3. The summed E-state index contributed by atoms with van der Waals surface area (Å²) in [6, 6.07) is 9.25. The third-order valence-electron chi connectivity index (χ3n) is 5.07. The standard InChI is InChI=1S/C21H24N2O5S2/c1-2-22(17-12-14-30(27,28)15-17)19(24)11-13-23-20(25)18(29-21(23)26)10-6-9-16-7-4-3-5-8-16/h3-10,17H,2,11-15H2,1H3/b9-6+,18-10+. The van der Waals surface area contributed by atoms with Gasteiger partial charge in [-0.05, 0) is 36.7 Å². The molecule has 0 aromatic heterocycles. The van der Waals surface area contributed by atoms with E-state index in [-0.39, 0.29) is 36.4 Å². The van der Waals surface area contributed by atoms with Gasteiger partial charge >= 0.3 is 0 Å².